The molecule has 0 bridgehead atoms. The number of ether oxygens (including phenoxy) is 1. The van der Waals surface area contributed by atoms with Crippen molar-refractivity contribution in [1.82, 2.24) is 0 Å². The molecule has 0 aromatic heterocycles. The topological polar surface area (TPSA) is 29.5 Å². The van der Waals surface area contributed by atoms with Gasteiger partial charge in [-0.2, -0.15) is 0 Å². The van der Waals surface area contributed by atoms with Crippen LogP contribution in [-0.4, -0.2) is 12.8 Å². The number of hydrogen-bond donors (Lipinski definition) is 0. The number of anilines is 1. The van der Waals surface area contributed by atoms with Crippen molar-refractivity contribution in [2.24, 2.45) is 0 Å². The van der Waals surface area contributed by atoms with Crippen molar-refractivity contribution in [3.05, 3.63) is 37.0 Å². The van der Waals surface area contributed by atoms with Gasteiger partial charge in [-0.3, -0.25) is 9.69 Å². The van der Waals surface area contributed by atoms with E-state index in [0.717, 1.165) is 17.0 Å². The predicted octanol–water partition coefficient (Wildman–Crippen LogP) is 2.69. The van der Waals surface area contributed by atoms with Crippen LogP contribution in [0.25, 0.3) is 0 Å². The first-order chi connectivity index (χ1) is 7.46. The molecule has 1 aromatic rings. The third kappa shape index (κ3) is 3.30. The van der Waals surface area contributed by atoms with E-state index in [4.69, 9.17) is 0 Å². The van der Waals surface area contributed by atoms with E-state index in [9.17, 15) is 18.0 Å². The molecule has 0 heterocycles. The van der Waals surface area contributed by atoms with Crippen molar-refractivity contribution in [1.29, 1.82) is 0 Å². The summed E-state index contributed by atoms with van der Waals surface area (Å²) in [5, 5.41) is 0. The fourth-order valence-corrected chi connectivity index (χ4v) is 1.03. The molecule has 0 atom stereocenters. The molecule has 0 spiro atoms. The van der Waals surface area contributed by atoms with E-state index < -0.39 is 6.36 Å². The number of carbonyl (C=O) groups is 1. The molecule has 3 nitrogen and oxygen atoms in total. The zero-order valence-corrected chi connectivity index (χ0v) is 8.07. The van der Waals surface area contributed by atoms with Gasteiger partial charge in [-0.15, -0.1) is 13.2 Å². The summed E-state index contributed by atoms with van der Waals surface area (Å²) in [6.07, 6.45) is -2.98. The molecule has 0 radical (unpaired) electrons. The predicted molar refractivity (Wildman–Crippen MR) is 51.9 cm³/mol. The highest BCUT2D eigenvalue weighted by Crippen LogP contribution is 2.24. The fraction of sp³-hybridized carbons (Fsp3) is 0.100. The molecular formula is C10H8F3NO2. The summed E-state index contributed by atoms with van der Waals surface area (Å²) >= 11 is 0. The minimum Gasteiger partial charge on any atom is -0.406 e. The lowest BCUT2D eigenvalue weighted by molar-refractivity contribution is -0.274. The maximum atomic E-state index is 11.8. The van der Waals surface area contributed by atoms with Crippen LogP contribution in [0.3, 0.4) is 0 Å². The fourth-order valence-electron chi connectivity index (χ4n) is 1.03. The maximum Gasteiger partial charge on any atom is 0.573 e. The highest BCUT2D eigenvalue weighted by molar-refractivity contribution is 5.77. The second-order valence-corrected chi connectivity index (χ2v) is 2.74. The van der Waals surface area contributed by atoms with Crippen molar-refractivity contribution >= 4 is 12.1 Å². The minimum atomic E-state index is -4.72. The van der Waals surface area contributed by atoms with E-state index in [1.165, 1.54) is 18.3 Å². The van der Waals surface area contributed by atoms with Gasteiger partial charge in [-0.1, -0.05) is 6.58 Å². The summed E-state index contributed by atoms with van der Waals surface area (Å²) < 4.78 is 39.2. The summed E-state index contributed by atoms with van der Waals surface area (Å²) in [6.45, 7) is 3.37. The summed E-state index contributed by atoms with van der Waals surface area (Å²) in [5.41, 5.74) is 0.402. The number of benzene rings is 1. The first-order valence-electron chi connectivity index (χ1n) is 4.18. The minimum absolute atomic E-state index is 0.342. The van der Waals surface area contributed by atoms with Gasteiger partial charge < -0.3 is 4.74 Å². The van der Waals surface area contributed by atoms with Crippen molar-refractivity contribution in [2.75, 3.05) is 4.90 Å². The van der Waals surface area contributed by atoms with Crippen LogP contribution in [0.4, 0.5) is 18.9 Å². The molecule has 0 aliphatic carbocycles. The average molecular weight is 231 g/mol. The summed E-state index contributed by atoms with van der Waals surface area (Å²) in [7, 11) is 0. The van der Waals surface area contributed by atoms with Gasteiger partial charge in [0.2, 0.25) is 6.41 Å². The van der Waals surface area contributed by atoms with E-state index in [0.29, 0.717) is 12.1 Å². The highest BCUT2D eigenvalue weighted by Gasteiger charge is 2.30. The zero-order chi connectivity index (χ0) is 12.2. The Bertz CT molecular complexity index is 365. The van der Waals surface area contributed by atoms with Gasteiger partial charge in [0.25, 0.3) is 0 Å². The number of alkyl halides is 3. The Morgan fingerprint density at radius 2 is 1.81 bits per heavy atom. The standard InChI is InChI=1S/C10H8F3NO2/c1-2-14(7-15)8-3-5-9(6-4-8)16-10(11,12)13/h2-7H,1H2. The van der Waals surface area contributed by atoms with Crippen molar-refractivity contribution in [2.45, 2.75) is 6.36 Å². The van der Waals surface area contributed by atoms with Gasteiger partial charge >= 0.3 is 6.36 Å². The molecule has 0 saturated carbocycles. The summed E-state index contributed by atoms with van der Waals surface area (Å²) in [6, 6.07) is 4.86. The van der Waals surface area contributed by atoms with Gasteiger partial charge in [-0.05, 0) is 24.3 Å². The normalized spacial score (nSPS) is 10.7. The van der Waals surface area contributed by atoms with Crippen LogP contribution in [0.1, 0.15) is 0 Å². The molecule has 0 aliphatic heterocycles. The number of rotatable bonds is 4. The van der Waals surface area contributed by atoms with Gasteiger partial charge in [0.15, 0.2) is 0 Å². The lowest BCUT2D eigenvalue weighted by Crippen LogP contribution is -2.17. The smallest absolute Gasteiger partial charge is 0.406 e. The first kappa shape index (κ1) is 12.1. The maximum absolute atomic E-state index is 11.8. The molecule has 0 fully saturated rings. The summed E-state index contributed by atoms with van der Waals surface area (Å²) in [5.74, 6) is -0.342. The average Bonchev–Trinajstić information content (AvgIpc) is 2.20. The lowest BCUT2D eigenvalue weighted by atomic mass is 10.3. The van der Waals surface area contributed by atoms with Crippen LogP contribution < -0.4 is 9.64 Å². The number of hydrogen-bond acceptors (Lipinski definition) is 2. The molecule has 1 amide bonds. The molecule has 16 heavy (non-hydrogen) atoms. The van der Waals surface area contributed by atoms with E-state index in [2.05, 4.69) is 11.3 Å². The van der Waals surface area contributed by atoms with Gasteiger partial charge in [0.1, 0.15) is 5.75 Å². The SMILES string of the molecule is C=CN(C=O)c1ccc(OC(F)(F)F)cc1. The Labute approximate surface area is 89.7 Å². The Kier molecular flexibility index (Phi) is 3.55. The number of nitrogens with zero attached hydrogens (tertiary/aromatic N) is 1. The van der Waals surface area contributed by atoms with Crippen LogP contribution in [0.2, 0.25) is 0 Å². The third-order valence-electron chi connectivity index (χ3n) is 1.68. The summed E-state index contributed by atoms with van der Waals surface area (Å²) in [4.78, 5) is 11.6. The van der Waals surface area contributed by atoms with Gasteiger partial charge in [0, 0.05) is 11.9 Å². The molecule has 6 heteroatoms. The largest absolute Gasteiger partial charge is 0.573 e. The van der Waals surface area contributed by atoms with Gasteiger partial charge in [0.05, 0.1) is 0 Å². The highest BCUT2D eigenvalue weighted by atomic mass is 19.4. The van der Waals surface area contributed by atoms with Crippen LogP contribution in [0.15, 0.2) is 37.0 Å². The van der Waals surface area contributed by atoms with Crippen molar-refractivity contribution < 1.29 is 22.7 Å². The quantitative estimate of drug-likeness (QED) is 0.745. The van der Waals surface area contributed by atoms with Crippen LogP contribution in [0.5, 0.6) is 5.75 Å². The monoisotopic (exact) mass is 231 g/mol. The molecule has 1 aromatic carbocycles. The Balaban J connectivity index is 2.82. The van der Waals surface area contributed by atoms with E-state index in [1.807, 2.05) is 0 Å². The molecule has 86 valence electrons. The number of halogens is 3. The lowest BCUT2D eigenvalue weighted by Gasteiger charge is -2.13. The molecule has 1 rings (SSSR count). The second kappa shape index (κ2) is 4.69. The molecule has 0 N–H and O–H groups in total. The molecular weight excluding hydrogens is 223 g/mol. The van der Waals surface area contributed by atoms with Crippen molar-refractivity contribution in [3.8, 4) is 5.75 Å². The van der Waals surface area contributed by atoms with E-state index in [1.54, 1.807) is 0 Å². The Morgan fingerprint density at radius 3 is 2.19 bits per heavy atom. The van der Waals surface area contributed by atoms with Crippen LogP contribution >= 0.6 is 0 Å². The van der Waals surface area contributed by atoms with Gasteiger partial charge in [-0.25, -0.2) is 0 Å². The van der Waals surface area contributed by atoms with Crippen molar-refractivity contribution in [3.63, 3.8) is 0 Å². The number of amides is 1. The molecule has 0 unspecified atom stereocenters. The molecule has 0 aliphatic rings. The third-order valence-corrected chi connectivity index (χ3v) is 1.68. The van der Waals surface area contributed by atoms with E-state index in [-0.39, 0.29) is 5.75 Å². The van der Waals surface area contributed by atoms with Crippen LogP contribution in [-0.2, 0) is 4.79 Å². The zero-order valence-electron chi connectivity index (χ0n) is 8.07. The number of carbonyl (C=O) groups excluding carboxylic acids is 1. The Hall–Kier alpha value is -1.98. The second-order valence-electron chi connectivity index (χ2n) is 2.74. The first-order valence-corrected chi connectivity index (χ1v) is 4.18. The van der Waals surface area contributed by atoms with E-state index >= 15 is 0 Å². The Morgan fingerprint density at radius 1 is 1.25 bits per heavy atom. The molecule has 0 saturated heterocycles. The van der Waals surface area contributed by atoms with Crippen LogP contribution in [0, 0.1) is 0 Å².